The van der Waals surface area contributed by atoms with Crippen LogP contribution in [-0.2, 0) is 14.9 Å². The van der Waals surface area contributed by atoms with Crippen molar-refractivity contribution in [3.63, 3.8) is 0 Å². The number of nitrogens with zero attached hydrogens (tertiary/aromatic N) is 1. The average Bonchev–Trinajstić information content (AvgIpc) is 3.47. The van der Waals surface area contributed by atoms with Crippen molar-refractivity contribution in [1.29, 1.82) is 0 Å². The van der Waals surface area contributed by atoms with Gasteiger partial charge in [0, 0.05) is 0 Å². The molecular formula is C29H21BrCl2NSZr. The van der Waals surface area contributed by atoms with Crippen LogP contribution in [0.25, 0.3) is 17.2 Å². The van der Waals surface area contributed by atoms with Crippen molar-refractivity contribution < 1.29 is 14.9 Å². The summed E-state index contributed by atoms with van der Waals surface area (Å²) in [6.07, 6.45) is 2.29. The van der Waals surface area contributed by atoms with E-state index in [9.17, 15) is 0 Å². The predicted octanol–water partition coefficient (Wildman–Crippen LogP) is 8.62. The van der Waals surface area contributed by atoms with Gasteiger partial charge in [-0.25, -0.2) is 0 Å². The van der Waals surface area contributed by atoms with Crippen LogP contribution >= 0.6 is 42.3 Å². The van der Waals surface area contributed by atoms with Gasteiger partial charge in [-0.3, -0.25) is 0 Å². The SMILES string of the molecule is CN1C2=Cc3c(ccc(Br)[c]3[Zr]([SH])([Cl])([Cl])[CH]3c4ccccc4-c4ccccc43)C2c2ccccc21. The fourth-order valence-electron chi connectivity index (χ4n) is 6.48. The summed E-state index contributed by atoms with van der Waals surface area (Å²) in [6, 6.07) is 30.0. The van der Waals surface area contributed by atoms with Crippen LogP contribution < -0.4 is 8.17 Å². The van der Waals surface area contributed by atoms with Crippen molar-refractivity contribution in [2.45, 2.75) is 9.54 Å². The molecule has 4 aromatic rings. The van der Waals surface area contributed by atoms with Gasteiger partial charge in [0.1, 0.15) is 0 Å². The van der Waals surface area contributed by atoms with Crippen molar-refractivity contribution >= 4 is 57.4 Å². The molecule has 1 heterocycles. The van der Waals surface area contributed by atoms with Gasteiger partial charge in [-0.05, 0) is 0 Å². The van der Waals surface area contributed by atoms with Crippen LogP contribution in [0.2, 0.25) is 0 Å². The summed E-state index contributed by atoms with van der Waals surface area (Å²) in [5.74, 6) is 0.188. The van der Waals surface area contributed by atoms with Gasteiger partial charge in [0.15, 0.2) is 0 Å². The minimum absolute atomic E-state index is 0.151. The molecule has 1 nitrogen and oxygen atoms in total. The molecule has 0 spiro atoms. The van der Waals surface area contributed by atoms with Gasteiger partial charge in [0.25, 0.3) is 0 Å². The average molecular weight is 658 g/mol. The number of anilines is 1. The second-order valence-electron chi connectivity index (χ2n) is 9.69. The molecular weight excluding hydrogens is 636 g/mol. The van der Waals surface area contributed by atoms with Crippen LogP contribution in [-0.4, -0.2) is 7.05 Å². The van der Waals surface area contributed by atoms with Gasteiger partial charge < -0.3 is 0 Å². The van der Waals surface area contributed by atoms with Crippen molar-refractivity contribution in [2.24, 2.45) is 0 Å². The number of thiol groups is 1. The normalized spacial score (nSPS) is 18.8. The predicted molar refractivity (Wildman–Crippen MR) is 153 cm³/mol. The van der Waals surface area contributed by atoms with Crippen LogP contribution in [0.1, 0.15) is 37.4 Å². The summed E-state index contributed by atoms with van der Waals surface area (Å²) >= 11 is -1.20. The number of fused-ring (bicyclic) bond motifs is 8. The summed E-state index contributed by atoms with van der Waals surface area (Å²) in [5, 5.41) is 0. The Morgan fingerprint density at radius 2 is 1.34 bits per heavy atom. The van der Waals surface area contributed by atoms with Gasteiger partial charge in [0.2, 0.25) is 0 Å². The molecule has 0 bridgehead atoms. The Morgan fingerprint density at radius 1 is 0.771 bits per heavy atom. The van der Waals surface area contributed by atoms with E-state index in [0.717, 1.165) is 13.3 Å². The second-order valence-corrected chi connectivity index (χ2v) is 37.3. The Balaban J connectivity index is 1.50. The van der Waals surface area contributed by atoms with E-state index in [4.69, 9.17) is 26.4 Å². The third-order valence-electron chi connectivity index (χ3n) is 7.89. The molecule has 35 heavy (non-hydrogen) atoms. The van der Waals surface area contributed by atoms with Crippen LogP contribution in [0.3, 0.4) is 0 Å². The number of benzene rings is 4. The number of hydrogen-bond acceptors (Lipinski definition) is 2. The molecule has 0 fully saturated rings. The number of allylic oxidation sites excluding steroid dienone is 1. The first kappa shape index (κ1) is 22.9. The molecule has 1 unspecified atom stereocenters. The van der Waals surface area contributed by atoms with E-state index in [-0.39, 0.29) is 9.54 Å². The zero-order valence-electron chi connectivity index (χ0n) is 18.8. The van der Waals surface area contributed by atoms with Crippen molar-refractivity contribution in [1.82, 2.24) is 0 Å². The molecule has 1 atom stereocenters. The third kappa shape index (κ3) is 3.04. The quantitative estimate of drug-likeness (QED) is 0.212. The molecule has 4 aromatic carbocycles. The Bertz CT molecular complexity index is 1560. The fourth-order valence-corrected chi connectivity index (χ4v) is 27.3. The van der Waals surface area contributed by atoms with E-state index >= 15 is 0 Å². The van der Waals surface area contributed by atoms with Crippen molar-refractivity contribution in [3.8, 4) is 11.1 Å². The first-order valence-corrected chi connectivity index (χ1v) is 25.2. The van der Waals surface area contributed by atoms with Gasteiger partial charge in [-0.2, -0.15) is 0 Å². The van der Waals surface area contributed by atoms with Gasteiger partial charge >= 0.3 is 228 Å². The van der Waals surface area contributed by atoms with Crippen molar-refractivity contribution in [2.75, 3.05) is 11.9 Å². The van der Waals surface area contributed by atoms with Gasteiger partial charge in [-0.15, -0.1) is 0 Å². The zero-order valence-corrected chi connectivity index (χ0v) is 25.3. The Morgan fingerprint density at radius 3 is 2.00 bits per heavy atom. The molecule has 0 aromatic heterocycles. The molecule has 3 aliphatic rings. The molecule has 2 aliphatic carbocycles. The van der Waals surface area contributed by atoms with E-state index in [1.165, 1.54) is 44.8 Å². The maximum atomic E-state index is 7.83. The summed E-state index contributed by atoms with van der Waals surface area (Å²) in [4.78, 5) is 2.29. The third-order valence-corrected chi connectivity index (χ3v) is 24.6. The van der Waals surface area contributed by atoms with Gasteiger partial charge in [0.05, 0.1) is 0 Å². The van der Waals surface area contributed by atoms with Gasteiger partial charge in [-0.1, -0.05) is 0 Å². The molecule has 7 rings (SSSR count). The Labute approximate surface area is 225 Å². The molecule has 1 aliphatic heterocycles. The van der Waals surface area contributed by atoms with Crippen LogP contribution in [0, 0.1) is 0 Å². The number of para-hydroxylation sites is 1. The summed E-state index contributed by atoms with van der Waals surface area (Å²) < 4.78 is 1.79. The van der Waals surface area contributed by atoms with E-state index in [1.807, 2.05) is 0 Å². The maximum absolute atomic E-state index is 7.83. The minimum atomic E-state index is -5.06. The summed E-state index contributed by atoms with van der Waals surface area (Å²) in [5.41, 5.74) is 11.0. The zero-order chi connectivity index (χ0) is 24.1. The molecule has 173 valence electrons. The molecule has 0 radical (unpaired) electrons. The van der Waals surface area contributed by atoms with E-state index in [2.05, 4.69) is 119 Å². The summed E-state index contributed by atoms with van der Waals surface area (Å²) in [6.45, 7) is 0. The molecule has 0 N–H and O–H groups in total. The Hall–Kier alpha value is -1.29. The number of likely N-dealkylation sites (N-methyl/N-ethyl adjacent to an activating group) is 1. The second kappa shape index (κ2) is 7.62. The summed E-state index contributed by atoms with van der Waals surface area (Å²) in [7, 11) is 23.2. The molecule has 0 amide bonds. The number of halogens is 3. The number of hydrogen-bond donors (Lipinski definition) is 1. The van der Waals surface area contributed by atoms with E-state index in [1.54, 1.807) is 0 Å². The van der Waals surface area contributed by atoms with Crippen LogP contribution in [0.4, 0.5) is 5.69 Å². The topological polar surface area (TPSA) is 3.24 Å². The first-order valence-electron chi connectivity index (χ1n) is 11.6. The van der Waals surface area contributed by atoms with Crippen LogP contribution in [0.15, 0.2) is 95.1 Å². The fraction of sp³-hybridized carbons (Fsp3) is 0.103. The van der Waals surface area contributed by atoms with E-state index < -0.39 is 14.9 Å². The van der Waals surface area contributed by atoms with Crippen LogP contribution in [0.5, 0.6) is 0 Å². The molecule has 0 saturated carbocycles. The number of rotatable bonds is 2. The Kier molecular flexibility index (Phi) is 4.98. The molecule has 0 saturated heterocycles. The van der Waals surface area contributed by atoms with Crippen molar-refractivity contribution in [3.05, 3.63) is 123 Å². The monoisotopic (exact) mass is 654 g/mol. The van der Waals surface area contributed by atoms with E-state index in [0.29, 0.717) is 0 Å². The standard InChI is InChI=1S/C16H11BrN.C13H9.2ClH.H2S.Zr/c1-18-14-5-3-2-4-13(14)16-12-7-6-11(17)8-10(12)9-15(16)18;1-3-7-12-10(5-1)9-11-6-2-4-8-13(11)12;;;;/h2-7,9,16H,1H3;1-9H;2*1H;1H2;/q;;;;;+3/p-3. The molecule has 6 heteroatoms. The first-order chi connectivity index (χ1) is 16.8.